The van der Waals surface area contributed by atoms with Crippen LogP contribution in [0.25, 0.3) is 99.5 Å². The van der Waals surface area contributed by atoms with Crippen molar-refractivity contribution in [3.63, 3.8) is 0 Å². The third-order valence-electron chi connectivity index (χ3n) is 10.5. The van der Waals surface area contributed by atoms with Gasteiger partial charge in [-0.2, -0.15) is 0 Å². The largest absolute Gasteiger partial charge is 0.455 e. The predicted molar refractivity (Wildman–Crippen MR) is 218 cm³/mol. The Morgan fingerprint density at radius 1 is 0.308 bits per heavy atom. The summed E-state index contributed by atoms with van der Waals surface area (Å²) in [6, 6.07) is 60.7. The summed E-state index contributed by atoms with van der Waals surface area (Å²) in [5.41, 5.74) is 17.7. The number of para-hydroxylation sites is 2. The van der Waals surface area contributed by atoms with Crippen molar-refractivity contribution in [2.75, 3.05) is 0 Å². The summed E-state index contributed by atoms with van der Waals surface area (Å²) in [7, 11) is 0. The van der Waals surface area contributed by atoms with Crippen LogP contribution in [0.15, 0.2) is 179 Å². The molecular formula is C50H34O2. The normalized spacial score (nSPS) is 11.7. The van der Waals surface area contributed by atoms with Crippen molar-refractivity contribution in [1.29, 1.82) is 0 Å². The summed E-state index contributed by atoms with van der Waals surface area (Å²) in [4.78, 5) is 0. The smallest absolute Gasteiger partial charge is 0.143 e. The van der Waals surface area contributed by atoms with Gasteiger partial charge in [0.15, 0.2) is 0 Å². The van der Waals surface area contributed by atoms with Crippen LogP contribution in [0, 0.1) is 13.8 Å². The van der Waals surface area contributed by atoms with Crippen molar-refractivity contribution >= 4 is 43.9 Å². The second kappa shape index (κ2) is 12.0. The Balaban J connectivity index is 1.06. The van der Waals surface area contributed by atoms with Crippen LogP contribution in [0.2, 0.25) is 0 Å². The fourth-order valence-electron chi connectivity index (χ4n) is 7.88. The molecule has 0 aliphatic rings. The van der Waals surface area contributed by atoms with E-state index in [-0.39, 0.29) is 0 Å². The molecule has 0 saturated heterocycles. The molecule has 0 bridgehead atoms. The number of aryl methyl sites for hydroxylation is 2. The van der Waals surface area contributed by atoms with E-state index in [1.54, 1.807) is 0 Å². The lowest BCUT2D eigenvalue weighted by Crippen LogP contribution is -1.88. The first-order chi connectivity index (χ1) is 25.6. The molecule has 0 aliphatic heterocycles. The summed E-state index contributed by atoms with van der Waals surface area (Å²) in [6.45, 7) is 4.34. The summed E-state index contributed by atoms with van der Waals surface area (Å²) in [5, 5.41) is 4.52. The number of hydrogen-bond acceptors (Lipinski definition) is 2. The molecule has 2 nitrogen and oxygen atoms in total. The van der Waals surface area contributed by atoms with Gasteiger partial charge in [-0.25, -0.2) is 0 Å². The maximum absolute atomic E-state index is 6.58. The molecule has 10 aromatic rings. The molecule has 0 fully saturated rings. The van der Waals surface area contributed by atoms with Gasteiger partial charge in [0, 0.05) is 32.7 Å². The summed E-state index contributed by atoms with van der Waals surface area (Å²) in [5.74, 6) is 0. The Bertz CT molecular complexity index is 2980. The predicted octanol–water partition coefficient (Wildman–Crippen LogP) is 14.4. The second-order valence-electron chi connectivity index (χ2n) is 13.8. The fraction of sp³-hybridized carbons (Fsp3) is 0.0400. The van der Waals surface area contributed by atoms with Gasteiger partial charge < -0.3 is 8.83 Å². The van der Waals surface area contributed by atoms with Crippen LogP contribution >= 0.6 is 0 Å². The van der Waals surface area contributed by atoms with Crippen molar-refractivity contribution in [2.45, 2.75) is 13.8 Å². The first-order valence-corrected chi connectivity index (χ1v) is 17.8. The highest BCUT2D eigenvalue weighted by atomic mass is 16.3. The van der Waals surface area contributed by atoms with Crippen LogP contribution in [0.1, 0.15) is 11.1 Å². The van der Waals surface area contributed by atoms with E-state index < -0.39 is 0 Å². The molecule has 0 radical (unpaired) electrons. The lowest BCUT2D eigenvalue weighted by Gasteiger charge is -2.13. The molecule has 0 atom stereocenters. The van der Waals surface area contributed by atoms with Crippen LogP contribution in [-0.4, -0.2) is 0 Å². The maximum atomic E-state index is 6.58. The summed E-state index contributed by atoms with van der Waals surface area (Å²) >= 11 is 0. The average molecular weight is 667 g/mol. The van der Waals surface area contributed by atoms with E-state index in [9.17, 15) is 0 Å². The highest BCUT2D eigenvalue weighted by molar-refractivity contribution is 6.12. The monoisotopic (exact) mass is 666 g/mol. The molecule has 246 valence electrons. The summed E-state index contributed by atoms with van der Waals surface area (Å²) < 4.78 is 13.1. The lowest BCUT2D eigenvalue weighted by molar-refractivity contribution is 0.669. The number of hydrogen-bond donors (Lipinski definition) is 0. The van der Waals surface area contributed by atoms with E-state index >= 15 is 0 Å². The Morgan fingerprint density at radius 2 is 0.923 bits per heavy atom. The molecule has 2 heteroatoms. The van der Waals surface area contributed by atoms with E-state index in [1.165, 1.54) is 44.5 Å². The lowest BCUT2D eigenvalue weighted by atomic mass is 9.91. The van der Waals surface area contributed by atoms with Crippen molar-refractivity contribution < 1.29 is 8.83 Å². The van der Waals surface area contributed by atoms with E-state index in [1.807, 2.05) is 6.07 Å². The van der Waals surface area contributed by atoms with Gasteiger partial charge in [0.25, 0.3) is 0 Å². The quantitative estimate of drug-likeness (QED) is 0.183. The number of fused-ring (bicyclic) bond motifs is 6. The molecule has 0 aliphatic carbocycles. The zero-order valence-corrected chi connectivity index (χ0v) is 29.0. The fourth-order valence-corrected chi connectivity index (χ4v) is 7.88. The Hall–Kier alpha value is -6.64. The van der Waals surface area contributed by atoms with Gasteiger partial charge in [-0.3, -0.25) is 0 Å². The SMILES string of the molecule is Cc1cccc(-c2ccc3oc4c(-c5cccc(-c6ccc(-c7cc(-c8ccccc8)cc8c7oc7ccccc78)cc6C)c5)cccc4c3c2)c1. The van der Waals surface area contributed by atoms with E-state index in [0.717, 1.165) is 66.1 Å². The van der Waals surface area contributed by atoms with Gasteiger partial charge in [-0.15, -0.1) is 0 Å². The molecule has 0 saturated carbocycles. The van der Waals surface area contributed by atoms with Crippen LogP contribution in [0.4, 0.5) is 0 Å². The molecule has 0 unspecified atom stereocenters. The molecule has 52 heavy (non-hydrogen) atoms. The van der Waals surface area contributed by atoms with Crippen LogP contribution in [-0.2, 0) is 0 Å². The zero-order valence-electron chi connectivity index (χ0n) is 29.0. The summed E-state index contributed by atoms with van der Waals surface area (Å²) in [6.07, 6.45) is 0. The van der Waals surface area contributed by atoms with Gasteiger partial charge in [0.1, 0.15) is 22.3 Å². The van der Waals surface area contributed by atoms with Gasteiger partial charge in [0.2, 0.25) is 0 Å². The van der Waals surface area contributed by atoms with Crippen LogP contribution in [0.5, 0.6) is 0 Å². The topological polar surface area (TPSA) is 26.3 Å². The minimum Gasteiger partial charge on any atom is -0.455 e. The Labute approximate surface area is 302 Å². The van der Waals surface area contributed by atoms with Crippen molar-refractivity contribution in [3.8, 4) is 55.6 Å². The second-order valence-corrected chi connectivity index (χ2v) is 13.8. The third kappa shape index (κ3) is 5.03. The molecule has 2 aromatic heterocycles. The molecule has 10 rings (SSSR count). The van der Waals surface area contributed by atoms with E-state index in [2.05, 4.69) is 178 Å². The molecule has 0 spiro atoms. The van der Waals surface area contributed by atoms with Gasteiger partial charge in [-0.05, 0) is 100 Å². The third-order valence-corrected chi connectivity index (χ3v) is 10.5. The van der Waals surface area contributed by atoms with Crippen LogP contribution in [0.3, 0.4) is 0 Å². The number of benzene rings is 8. The van der Waals surface area contributed by atoms with Crippen molar-refractivity contribution in [1.82, 2.24) is 0 Å². The average Bonchev–Trinajstić information content (AvgIpc) is 3.76. The van der Waals surface area contributed by atoms with Gasteiger partial charge in [0.05, 0.1) is 0 Å². The van der Waals surface area contributed by atoms with E-state index in [4.69, 9.17) is 8.83 Å². The molecule has 2 heterocycles. The molecule has 0 N–H and O–H groups in total. The van der Waals surface area contributed by atoms with Gasteiger partial charge in [-0.1, -0.05) is 139 Å². The van der Waals surface area contributed by atoms with Crippen molar-refractivity contribution in [3.05, 3.63) is 181 Å². The first-order valence-electron chi connectivity index (χ1n) is 17.8. The standard InChI is InChI=1S/C50H34O2/c1-31-11-8-14-34(25-31)35-22-24-48-45(28-35)43-19-10-18-41(49(43)52-48)37-16-9-15-36(27-37)40-23-21-38(26-32(40)2)44-29-39(33-12-4-3-5-13-33)30-46-42-17-6-7-20-47(42)51-50(44)46/h3-30H,1-2H3. The maximum Gasteiger partial charge on any atom is 0.143 e. The first kappa shape index (κ1) is 30.2. The number of furan rings is 2. The van der Waals surface area contributed by atoms with Crippen LogP contribution < -0.4 is 0 Å². The molecule has 8 aromatic carbocycles. The van der Waals surface area contributed by atoms with E-state index in [0.29, 0.717) is 0 Å². The molecular weight excluding hydrogens is 633 g/mol. The zero-order chi connectivity index (χ0) is 34.8. The minimum absolute atomic E-state index is 0.899. The highest BCUT2D eigenvalue weighted by Crippen LogP contribution is 2.42. The van der Waals surface area contributed by atoms with Gasteiger partial charge >= 0.3 is 0 Å². The van der Waals surface area contributed by atoms with Crippen molar-refractivity contribution in [2.24, 2.45) is 0 Å². The molecule has 0 amide bonds. The highest BCUT2D eigenvalue weighted by Gasteiger charge is 2.17. The minimum atomic E-state index is 0.899. The number of rotatable bonds is 5. The Kier molecular flexibility index (Phi) is 6.97. The Morgan fingerprint density at radius 3 is 1.77 bits per heavy atom.